The van der Waals surface area contributed by atoms with Gasteiger partial charge in [-0.25, -0.2) is 0 Å². The quantitative estimate of drug-likeness (QED) is 0.849. The largest absolute Gasteiger partial charge is 0.356 e. The van der Waals surface area contributed by atoms with E-state index in [1.165, 1.54) is 17.5 Å². The van der Waals surface area contributed by atoms with Gasteiger partial charge in [0.15, 0.2) is 0 Å². The lowest BCUT2D eigenvalue weighted by molar-refractivity contribution is -0.121. The molecule has 3 nitrogen and oxygen atoms in total. The average molecular weight is 322 g/mol. The van der Waals surface area contributed by atoms with Gasteiger partial charge in [-0.1, -0.05) is 60.7 Å². The Morgan fingerprint density at radius 1 is 1.04 bits per heavy atom. The lowest BCUT2D eigenvalue weighted by Crippen LogP contribution is -2.30. The minimum Gasteiger partial charge on any atom is -0.356 e. The highest BCUT2D eigenvalue weighted by Gasteiger charge is 2.23. The number of likely N-dealkylation sites (tertiary alicyclic amines) is 1. The molecule has 3 rings (SSSR count). The van der Waals surface area contributed by atoms with Crippen molar-refractivity contribution < 1.29 is 4.79 Å². The zero-order valence-electron chi connectivity index (χ0n) is 14.2. The molecule has 126 valence electrons. The van der Waals surface area contributed by atoms with E-state index in [0.29, 0.717) is 12.3 Å². The molecule has 0 spiro atoms. The summed E-state index contributed by atoms with van der Waals surface area (Å²) in [5.41, 5.74) is 2.69. The molecule has 24 heavy (non-hydrogen) atoms. The first-order valence-corrected chi connectivity index (χ1v) is 8.89. The molecule has 1 atom stereocenters. The van der Waals surface area contributed by atoms with Gasteiger partial charge in [-0.15, -0.1) is 0 Å². The second-order valence-electron chi connectivity index (χ2n) is 6.53. The van der Waals surface area contributed by atoms with Crippen molar-refractivity contribution in [2.45, 2.75) is 25.2 Å². The second kappa shape index (κ2) is 8.65. The number of carbonyl (C=O) groups excluding carboxylic acids is 1. The molecular weight excluding hydrogens is 296 g/mol. The average Bonchev–Trinajstić information content (AvgIpc) is 3.11. The monoisotopic (exact) mass is 322 g/mol. The maximum Gasteiger partial charge on any atom is 0.221 e. The van der Waals surface area contributed by atoms with E-state index in [0.717, 1.165) is 32.6 Å². The number of nitrogens with zero attached hydrogens (tertiary/aromatic N) is 1. The van der Waals surface area contributed by atoms with Crippen LogP contribution in [-0.4, -0.2) is 37.0 Å². The summed E-state index contributed by atoms with van der Waals surface area (Å²) in [5.74, 6) is 0.779. The highest BCUT2D eigenvalue weighted by molar-refractivity contribution is 5.76. The van der Waals surface area contributed by atoms with Crippen molar-refractivity contribution in [3.05, 3.63) is 71.8 Å². The Balaban J connectivity index is 1.33. The Labute approximate surface area is 144 Å². The first-order chi connectivity index (χ1) is 11.8. The summed E-state index contributed by atoms with van der Waals surface area (Å²) in [7, 11) is 0. The fraction of sp³-hybridized carbons (Fsp3) is 0.381. The molecule has 0 radical (unpaired) electrons. The van der Waals surface area contributed by atoms with Gasteiger partial charge in [0, 0.05) is 26.1 Å². The Morgan fingerprint density at radius 2 is 1.75 bits per heavy atom. The first kappa shape index (κ1) is 16.7. The molecule has 2 aromatic rings. The molecule has 1 heterocycles. The lowest BCUT2D eigenvalue weighted by atomic mass is 9.99. The number of hydrogen-bond acceptors (Lipinski definition) is 2. The van der Waals surface area contributed by atoms with Gasteiger partial charge >= 0.3 is 0 Å². The molecule has 0 aromatic heterocycles. The predicted octanol–water partition coefficient (Wildman–Crippen LogP) is 3.22. The van der Waals surface area contributed by atoms with E-state index < -0.39 is 0 Å². The van der Waals surface area contributed by atoms with Gasteiger partial charge < -0.3 is 10.2 Å². The third kappa shape index (κ3) is 4.93. The Bertz CT molecular complexity index is 627. The first-order valence-electron chi connectivity index (χ1n) is 8.89. The van der Waals surface area contributed by atoms with Crippen molar-refractivity contribution in [1.82, 2.24) is 10.2 Å². The van der Waals surface area contributed by atoms with Crippen LogP contribution in [0.15, 0.2) is 60.7 Å². The summed E-state index contributed by atoms with van der Waals surface area (Å²) >= 11 is 0. The van der Waals surface area contributed by atoms with Gasteiger partial charge in [0.25, 0.3) is 0 Å². The van der Waals surface area contributed by atoms with Gasteiger partial charge in [-0.05, 0) is 36.4 Å². The second-order valence-corrected chi connectivity index (χ2v) is 6.53. The van der Waals surface area contributed by atoms with Crippen LogP contribution in [0.5, 0.6) is 0 Å². The standard InChI is InChI=1S/C21H26N2O/c24-21(22-14-11-18-7-3-1-4-8-18)13-16-23-15-12-20(17-23)19-9-5-2-6-10-19/h1-10,20H,11-17H2,(H,22,24)/t20-/m1/s1. The van der Waals surface area contributed by atoms with Crippen molar-refractivity contribution >= 4 is 5.91 Å². The minimum absolute atomic E-state index is 0.161. The van der Waals surface area contributed by atoms with Gasteiger partial charge in [-0.2, -0.15) is 0 Å². The van der Waals surface area contributed by atoms with Crippen LogP contribution in [0.3, 0.4) is 0 Å². The minimum atomic E-state index is 0.161. The molecule has 2 aromatic carbocycles. The molecule has 0 bridgehead atoms. The number of amides is 1. The molecule has 1 saturated heterocycles. The van der Waals surface area contributed by atoms with Crippen LogP contribution >= 0.6 is 0 Å². The molecule has 0 unspecified atom stereocenters. The Morgan fingerprint density at radius 3 is 2.50 bits per heavy atom. The zero-order valence-corrected chi connectivity index (χ0v) is 14.2. The van der Waals surface area contributed by atoms with E-state index in [9.17, 15) is 4.79 Å². The predicted molar refractivity (Wildman–Crippen MR) is 98.0 cm³/mol. The van der Waals surface area contributed by atoms with E-state index in [1.54, 1.807) is 0 Å². The number of nitrogens with one attached hydrogen (secondary N) is 1. The maximum absolute atomic E-state index is 12.0. The van der Waals surface area contributed by atoms with Gasteiger partial charge in [0.1, 0.15) is 0 Å². The summed E-state index contributed by atoms with van der Waals surface area (Å²) in [5, 5.41) is 3.03. The molecule has 1 aliphatic rings. The number of benzene rings is 2. The Kier molecular flexibility index (Phi) is 6.02. The molecule has 0 saturated carbocycles. The van der Waals surface area contributed by atoms with E-state index in [4.69, 9.17) is 0 Å². The molecule has 0 aliphatic carbocycles. The van der Waals surface area contributed by atoms with Crippen molar-refractivity contribution in [2.75, 3.05) is 26.2 Å². The van der Waals surface area contributed by atoms with Crippen molar-refractivity contribution in [1.29, 1.82) is 0 Å². The highest BCUT2D eigenvalue weighted by Crippen LogP contribution is 2.26. The van der Waals surface area contributed by atoms with Crippen LogP contribution in [0.1, 0.15) is 29.9 Å². The number of hydrogen-bond donors (Lipinski definition) is 1. The summed E-state index contributed by atoms with van der Waals surface area (Å²) in [6, 6.07) is 21.0. The van der Waals surface area contributed by atoms with Crippen LogP contribution in [0, 0.1) is 0 Å². The fourth-order valence-electron chi connectivity index (χ4n) is 3.37. The smallest absolute Gasteiger partial charge is 0.221 e. The summed E-state index contributed by atoms with van der Waals surface area (Å²) < 4.78 is 0. The molecule has 3 heteroatoms. The number of carbonyl (C=O) groups is 1. The van der Waals surface area contributed by atoms with E-state index in [1.807, 2.05) is 18.2 Å². The van der Waals surface area contributed by atoms with Crippen LogP contribution in [0.2, 0.25) is 0 Å². The summed E-state index contributed by atoms with van der Waals surface area (Å²) in [6.07, 6.45) is 2.68. The van der Waals surface area contributed by atoms with Gasteiger partial charge in [-0.3, -0.25) is 4.79 Å². The number of rotatable bonds is 7. The van der Waals surface area contributed by atoms with Crippen LogP contribution in [-0.2, 0) is 11.2 Å². The van der Waals surface area contributed by atoms with E-state index in [-0.39, 0.29) is 5.91 Å². The normalized spacial score (nSPS) is 17.8. The maximum atomic E-state index is 12.0. The molecule has 1 amide bonds. The van der Waals surface area contributed by atoms with Crippen LogP contribution in [0.25, 0.3) is 0 Å². The third-order valence-electron chi connectivity index (χ3n) is 4.78. The molecule has 1 N–H and O–H groups in total. The van der Waals surface area contributed by atoms with Gasteiger partial charge in [0.05, 0.1) is 0 Å². The molecular formula is C21H26N2O. The zero-order chi connectivity index (χ0) is 16.6. The highest BCUT2D eigenvalue weighted by atomic mass is 16.1. The lowest BCUT2D eigenvalue weighted by Gasteiger charge is -2.16. The topological polar surface area (TPSA) is 32.3 Å². The fourth-order valence-corrected chi connectivity index (χ4v) is 3.37. The Hall–Kier alpha value is -2.13. The van der Waals surface area contributed by atoms with Crippen molar-refractivity contribution in [3.8, 4) is 0 Å². The van der Waals surface area contributed by atoms with Crippen LogP contribution < -0.4 is 5.32 Å². The van der Waals surface area contributed by atoms with Crippen molar-refractivity contribution in [2.24, 2.45) is 0 Å². The van der Waals surface area contributed by atoms with E-state index in [2.05, 4.69) is 52.7 Å². The summed E-state index contributed by atoms with van der Waals surface area (Å²) in [4.78, 5) is 14.4. The van der Waals surface area contributed by atoms with Gasteiger partial charge in [0.2, 0.25) is 5.91 Å². The van der Waals surface area contributed by atoms with E-state index >= 15 is 0 Å². The SMILES string of the molecule is O=C(CCN1CC[C@@H](c2ccccc2)C1)NCCc1ccccc1. The molecule has 1 aliphatic heterocycles. The third-order valence-corrected chi connectivity index (χ3v) is 4.78. The molecule has 1 fully saturated rings. The van der Waals surface area contributed by atoms with Crippen molar-refractivity contribution in [3.63, 3.8) is 0 Å². The summed E-state index contributed by atoms with van der Waals surface area (Å²) in [6.45, 7) is 3.74. The van der Waals surface area contributed by atoms with Crippen LogP contribution in [0.4, 0.5) is 0 Å².